The molecule has 1 amide bonds. The molecule has 0 atom stereocenters. The van der Waals surface area contributed by atoms with Crippen LogP contribution < -0.4 is 16.0 Å². The summed E-state index contributed by atoms with van der Waals surface area (Å²) in [6.07, 6.45) is 0. The van der Waals surface area contributed by atoms with Crippen LogP contribution in [0.15, 0.2) is 48.5 Å². The van der Waals surface area contributed by atoms with Crippen molar-refractivity contribution in [3.05, 3.63) is 65.2 Å². The highest BCUT2D eigenvalue weighted by atomic mass is 35.5. The Balaban J connectivity index is 0.00000288. The second-order valence-corrected chi connectivity index (χ2v) is 5.58. The highest BCUT2D eigenvalue weighted by Crippen LogP contribution is 2.15. The number of carbonyl (C=O) groups is 1. The average molecular weight is 348 g/mol. The number of rotatable bonds is 7. The lowest BCUT2D eigenvalue weighted by atomic mass is 10.1. The van der Waals surface area contributed by atoms with Gasteiger partial charge in [-0.25, -0.2) is 0 Å². The van der Waals surface area contributed by atoms with Crippen LogP contribution in [0, 0.1) is 6.92 Å². The molecule has 0 spiro atoms. The number of halogens is 1. The largest absolute Gasteiger partial charge is 0.370 e. The van der Waals surface area contributed by atoms with E-state index in [1.165, 1.54) is 11.3 Å². The topological polar surface area (TPSA) is 58.4 Å². The Kier molecular flexibility index (Phi) is 8.30. The number of anilines is 1. The zero-order valence-electron chi connectivity index (χ0n) is 14.3. The molecular weight excluding hydrogens is 322 g/mol. The lowest BCUT2D eigenvalue weighted by molar-refractivity contribution is 0.0954. The zero-order valence-corrected chi connectivity index (χ0v) is 15.1. The van der Waals surface area contributed by atoms with Crippen molar-refractivity contribution in [3.8, 4) is 0 Å². The second-order valence-electron chi connectivity index (χ2n) is 5.58. The quantitative estimate of drug-likeness (QED) is 0.809. The molecule has 24 heavy (non-hydrogen) atoms. The summed E-state index contributed by atoms with van der Waals surface area (Å²) < 4.78 is 0. The monoisotopic (exact) mass is 347 g/mol. The summed E-state index contributed by atoms with van der Waals surface area (Å²) in [6.45, 7) is 7.00. The first-order valence-electron chi connectivity index (χ1n) is 8.03. The van der Waals surface area contributed by atoms with Gasteiger partial charge >= 0.3 is 0 Å². The van der Waals surface area contributed by atoms with Gasteiger partial charge < -0.3 is 16.0 Å². The number of hydrogen-bond donors (Lipinski definition) is 2. The molecule has 130 valence electrons. The van der Waals surface area contributed by atoms with Crippen molar-refractivity contribution in [2.45, 2.75) is 20.4 Å². The van der Waals surface area contributed by atoms with Crippen LogP contribution in [0.2, 0.25) is 0 Å². The maximum Gasteiger partial charge on any atom is 0.251 e. The minimum absolute atomic E-state index is 0. The van der Waals surface area contributed by atoms with Gasteiger partial charge in [-0.1, -0.05) is 24.3 Å². The van der Waals surface area contributed by atoms with Crippen molar-refractivity contribution in [2.24, 2.45) is 5.73 Å². The standard InChI is InChI=1S/C19H25N3O.ClH/c1-3-22(18-6-4-5-15(2)13-18)12-11-21-19(23)17-9-7-16(14-20)8-10-17;/h4-10,13H,3,11-12,14,20H2,1-2H3,(H,21,23);1H. The first kappa shape index (κ1) is 20.0. The smallest absolute Gasteiger partial charge is 0.251 e. The van der Waals surface area contributed by atoms with Crippen LogP contribution in [0.1, 0.15) is 28.4 Å². The van der Waals surface area contributed by atoms with Gasteiger partial charge in [0.15, 0.2) is 0 Å². The Morgan fingerprint density at radius 2 is 1.88 bits per heavy atom. The Hall–Kier alpha value is -2.04. The molecule has 2 aromatic carbocycles. The molecule has 3 N–H and O–H groups in total. The van der Waals surface area contributed by atoms with E-state index in [1.807, 2.05) is 24.3 Å². The summed E-state index contributed by atoms with van der Waals surface area (Å²) in [4.78, 5) is 14.4. The number of carbonyl (C=O) groups excluding carboxylic acids is 1. The molecule has 0 radical (unpaired) electrons. The van der Waals surface area contributed by atoms with Gasteiger partial charge in [-0.15, -0.1) is 12.4 Å². The molecule has 0 aromatic heterocycles. The molecule has 0 bridgehead atoms. The number of nitrogens with zero attached hydrogens (tertiary/aromatic N) is 1. The van der Waals surface area contributed by atoms with Crippen molar-refractivity contribution in [3.63, 3.8) is 0 Å². The Morgan fingerprint density at radius 3 is 2.46 bits per heavy atom. The molecule has 2 rings (SSSR count). The molecule has 4 nitrogen and oxygen atoms in total. The zero-order chi connectivity index (χ0) is 16.7. The highest BCUT2D eigenvalue weighted by Gasteiger charge is 2.07. The van der Waals surface area contributed by atoms with Gasteiger partial charge in [-0.2, -0.15) is 0 Å². The van der Waals surface area contributed by atoms with E-state index in [9.17, 15) is 4.79 Å². The van der Waals surface area contributed by atoms with Crippen LogP contribution in [-0.2, 0) is 6.54 Å². The third-order valence-corrected chi connectivity index (χ3v) is 3.87. The lowest BCUT2D eigenvalue weighted by Gasteiger charge is -2.23. The maximum atomic E-state index is 12.1. The number of benzene rings is 2. The van der Waals surface area contributed by atoms with Gasteiger partial charge in [0.05, 0.1) is 0 Å². The number of likely N-dealkylation sites (N-methyl/N-ethyl adjacent to an activating group) is 1. The summed E-state index contributed by atoms with van der Waals surface area (Å²) in [5.74, 6) is -0.0473. The van der Waals surface area contributed by atoms with Gasteiger partial charge in [0.1, 0.15) is 0 Å². The summed E-state index contributed by atoms with van der Waals surface area (Å²) >= 11 is 0. The third kappa shape index (κ3) is 5.55. The van der Waals surface area contributed by atoms with Gasteiger partial charge in [-0.3, -0.25) is 4.79 Å². The molecule has 0 saturated heterocycles. The minimum Gasteiger partial charge on any atom is -0.370 e. The van der Waals surface area contributed by atoms with Gasteiger partial charge in [0.2, 0.25) is 0 Å². The van der Waals surface area contributed by atoms with E-state index in [2.05, 4.69) is 48.3 Å². The van der Waals surface area contributed by atoms with Crippen molar-refractivity contribution >= 4 is 24.0 Å². The lowest BCUT2D eigenvalue weighted by Crippen LogP contribution is -2.35. The van der Waals surface area contributed by atoms with E-state index in [0.717, 1.165) is 18.7 Å². The molecule has 5 heteroatoms. The number of nitrogens with one attached hydrogen (secondary N) is 1. The average Bonchev–Trinajstić information content (AvgIpc) is 2.58. The van der Waals surface area contributed by atoms with Crippen molar-refractivity contribution in [1.82, 2.24) is 5.32 Å². The molecule has 0 unspecified atom stereocenters. The van der Waals surface area contributed by atoms with E-state index in [-0.39, 0.29) is 18.3 Å². The molecule has 0 aliphatic rings. The summed E-state index contributed by atoms with van der Waals surface area (Å²) in [7, 11) is 0. The van der Waals surface area contributed by atoms with Gasteiger partial charge in [0, 0.05) is 37.4 Å². The van der Waals surface area contributed by atoms with Gasteiger partial charge in [0.25, 0.3) is 5.91 Å². The Bertz CT molecular complexity index is 643. The van der Waals surface area contributed by atoms with E-state index in [4.69, 9.17) is 5.73 Å². The first-order chi connectivity index (χ1) is 11.1. The first-order valence-corrected chi connectivity index (χ1v) is 8.03. The summed E-state index contributed by atoms with van der Waals surface area (Å²) in [6, 6.07) is 15.8. The second kappa shape index (κ2) is 9.96. The van der Waals surface area contributed by atoms with Crippen molar-refractivity contribution in [2.75, 3.05) is 24.5 Å². The van der Waals surface area contributed by atoms with Crippen LogP contribution in [-0.4, -0.2) is 25.5 Å². The van der Waals surface area contributed by atoms with Gasteiger partial charge in [-0.05, 0) is 49.2 Å². The fraction of sp³-hybridized carbons (Fsp3) is 0.316. The van der Waals surface area contributed by atoms with E-state index >= 15 is 0 Å². The van der Waals surface area contributed by atoms with Crippen LogP contribution in [0.4, 0.5) is 5.69 Å². The fourth-order valence-electron chi connectivity index (χ4n) is 2.49. The SMILES string of the molecule is CCN(CCNC(=O)c1ccc(CN)cc1)c1cccc(C)c1.Cl. The molecule has 0 heterocycles. The minimum atomic E-state index is -0.0473. The molecule has 2 aromatic rings. The predicted molar refractivity (Wildman–Crippen MR) is 103 cm³/mol. The number of amides is 1. The number of nitrogens with two attached hydrogens (primary N) is 1. The van der Waals surface area contributed by atoms with E-state index in [1.54, 1.807) is 0 Å². The molecular formula is C19H26ClN3O. The van der Waals surface area contributed by atoms with Crippen LogP contribution >= 0.6 is 12.4 Å². The Morgan fingerprint density at radius 1 is 1.17 bits per heavy atom. The van der Waals surface area contributed by atoms with Crippen LogP contribution in [0.3, 0.4) is 0 Å². The van der Waals surface area contributed by atoms with E-state index < -0.39 is 0 Å². The fourth-order valence-corrected chi connectivity index (χ4v) is 2.49. The number of hydrogen-bond acceptors (Lipinski definition) is 3. The van der Waals surface area contributed by atoms with Crippen LogP contribution in [0.5, 0.6) is 0 Å². The highest BCUT2D eigenvalue weighted by molar-refractivity contribution is 5.94. The van der Waals surface area contributed by atoms with Crippen LogP contribution in [0.25, 0.3) is 0 Å². The van der Waals surface area contributed by atoms with Crippen molar-refractivity contribution in [1.29, 1.82) is 0 Å². The molecule has 0 saturated carbocycles. The number of aryl methyl sites for hydroxylation is 1. The maximum absolute atomic E-state index is 12.1. The molecule has 0 aliphatic heterocycles. The van der Waals surface area contributed by atoms with Crippen molar-refractivity contribution < 1.29 is 4.79 Å². The normalized spacial score (nSPS) is 9.96. The summed E-state index contributed by atoms with van der Waals surface area (Å²) in [5, 5.41) is 2.97. The Labute approximate surface area is 150 Å². The molecule has 0 aliphatic carbocycles. The third-order valence-electron chi connectivity index (χ3n) is 3.87. The predicted octanol–water partition coefficient (Wildman–Crippen LogP) is 3.13. The molecule has 0 fully saturated rings. The summed E-state index contributed by atoms with van der Waals surface area (Å²) in [5.41, 5.74) is 9.69. The van der Waals surface area contributed by atoms with E-state index in [0.29, 0.717) is 18.7 Å².